The summed E-state index contributed by atoms with van der Waals surface area (Å²) in [5, 5.41) is 0. The lowest BCUT2D eigenvalue weighted by molar-refractivity contribution is 0.0192. The van der Waals surface area contributed by atoms with Gasteiger partial charge >= 0.3 is 0 Å². The van der Waals surface area contributed by atoms with Crippen molar-refractivity contribution in [1.82, 2.24) is 9.97 Å². The summed E-state index contributed by atoms with van der Waals surface area (Å²) in [4.78, 5) is 7.96. The summed E-state index contributed by atoms with van der Waals surface area (Å²) in [5.74, 6) is 0.911. The molecule has 17 heavy (non-hydrogen) atoms. The molecule has 0 saturated heterocycles. The standard InChI is InChI=1S/C11H16BrN3O2/c1-16-7-3-2-4-8(5-7)17-11-9(12)10(13)14-6-15-11/h6-8H,2-5H2,1H3,(H2,13,14,15). The second-order valence-corrected chi connectivity index (χ2v) is 4.94. The average Bonchev–Trinajstić information content (AvgIpc) is 2.35. The third-order valence-electron chi connectivity index (χ3n) is 2.97. The molecule has 5 nitrogen and oxygen atoms in total. The number of ether oxygens (including phenoxy) is 2. The minimum absolute atomic E-state index is 0.138. The molecule has 1 aromatic heterocycles. The second kappa shape index (κ2) is 5.64. The fraction of sp³-hybridized carbons (Fsp3) is 0.636. The van der Waals surface area contributed by atoms with Crippen molar-refractivity contribution in [2.24, 2.45) is 0 Å². The molecular formula is C11H16BrN3O2. The summed E-state index contributed by atoms with van der Waals surface area (Å²) in [5.41, 5.74) is 5.68. The van der Waals surface area contributed by atoms with Crippen LogP contribution in [0.15, 0.2) is 10.8 Å². The lowest BCUT2D eigenvalue weighted by atomic mass is 9.95. The van der Waals surface area contributed by atoms with Crippen molar-refractivity contribution in [1.29, 1.82) is 0 Å². The third-order valence-corrected chi connectivity index (χ3v) is 3.72. The molecule has 0 aliphatic heterocycles. The maximum Gasteiger partial charge on any atom is 0.233 e. The van der Waals surface area contributed by atoms with E-state index in [0.717, 1.165) is 25.7 Å². The molecule has 2 rings (SSSR count). The molecule has 2 N–H and O–H groups in total. The monoisotopic (exact) mass is 301 g/mol. The van der Waals surface area contributed by atoms with Crippen LogP contribution in [0.2, 0.25) is 0 Å². The molecule has 94 valence electrons. The van der Waals surface area contributed by atoms with Crippen LogP contribution >= 0.6 is 15.9 Å². The van der Waals surface area contributed by atoms with Gasteiger partial charge in [-0.1, -0.05) is 0 Å². The van der Waals surface area contributed by atoms with Crippen LogP contribution in [0.3, 0.4) is 0 Å². The molecule has 6 heteroatoms. The van der Waals surface area contributed by atoms with E-state index in [9.17, 15) is 0 Å². The molecule has 1 fully saturated rings. The zero-order chi connectivity index (χ0) is 12.3. The Morgan fingerprint density at radius 3 is 2.88 bits per heavy atom. The van der Waals surface area contributed by atoms with Gasteiger partial charge in [0.1, 0.15) is 22.7 Å². The highest BCUT2D eigenvalue weighted by molar-refractivity contribution is 9.10. The van der Waals surface area contributed by atoms with Crippen molar-refractivity contribution in [2.75, 3.05) is 12.8 Å². The highest BCUT2D eigenvalue weighted by Crippen LogP contribution is 2.30. The zero-order valence-corrected chi connectivity index (χ0v) is 11.3. The van der Waals surface area contributed by atoms with E-state index in [-0.39, 0.29) is 12.2 Å². The minimum Gasteiger partial charge on any atom is -0.473 e. The summed E-state index contributed by atoms with van der Waals surface area (Å²) >= 11 is 3.33. The molecular weight excluding hydrogens is 286 g/mol. The Hall–Kier alpha value is -0.880. The van der Waals surface area contributed by atoms with Crippen molar-refractivity contribution in [3.8, 4) is 5.88 Å². The number of anilines is 1. The van der Waals surface area contributed by atoms with E-state index in [1.54, 1.807) is 7.11 Å². The van der Waals surface area contributed by atoms with Crippen LogP contribution in [-0.4, -0.2) is 29.3 Å². The molecule has 0 bridgehead atoms. The van der Waals surface area contributed by atoms with E-state index < -0.39 is 0 Å². The number of rotatable bonds is 3. The first-order chi connectivity index (χ1) is 8.20. The van der Waals surface area contributed by atoms with E-state index in [1.165, 1.54) is 6.33 Å². The molecule has 1 aliphatic carbocycles. The van der Waals surface area contributed by atoms with Crippen LogP contribution in [-0.2, 0) is 4.74 Å². The van der Waals surface area contributed by atoms with Gasteiger partial charge in [-0.25, -0.2) is 9.97 Å². The zero-order valence-electron chi connectivity index (χ0n) is 9.73. The molecule has 0 aromatic carbocycles. The molecule has 0 amide bonds. The maximum atomic E-state index is 5.84. The van der Waals surface area contributed by atoms with Crippen molar-refractivity contribution >= 4 is 21.7 Å². The molecule has 1 saturated carbocycles. The number of aromatic nitrogens is 2. The Labute approximate surface area is 109 Å². The minimum atomic E-state index is 0.138. The van der Waals surface area contributed by atoms with Crippen LogP contribution in [0.25, 0.3) is 0 Å². The Morgan fingerprint density at radius 1 is 1.35 bits per heavy atom. The van der Waals surface area contributed by atoms with E-state index in [0.29, 0.717) is 16.2 Å². The highest BCUT2D eigenvalue weighted by atomic mass is 79.9. The molecule has 1 aromatic rings. The Balaban J connectivity index is 2.02. The fourth-order valence-electron chi connectivity index (χ4n) is 2.03. The number of hydrogen-bond acceptors (Lipinski definition) is 5. The van der Waals surface area contributed by atoms with E-state index in [1.807, 2.05) is 0 Å². The fourth-order valence-corrected chi connectivity index (χ4v) is 2.33. The van der Waals surface area contributed by atoms with Crippen LogP contribution in [0.5, 0.6) is 5.88 Å². The largest absolute Gasteiger partial charge is 0.473 e. The van der Waals surface area contributed by atoms with E-state index in [4.69, 9.17) is 15.2 Å². The first-order valence-corrected chi connectivity index (χ1v) is 6.45. The lowest BCUT2D eigenvalue weighted by Crippen LogP contribution is -2.29. The molecule has 1 aliphatic rings. The first-order valence-electron chi connectivity index (χ1n) is 5.66. The SMILES string of the molecule is COC1CCCC(Oc2ncnc(N)c2Br)C1. The van der Waals surface area contributed by atoms with Crippen molar-refractivity contribution in [3.05, 3.63) is 10.8 Å². The normalized spacial score (nSPS) is 24.6. The summed E-state index contributed by atoms with van der Waals surface area (Å²) in [7, 11) is 1.74. The van der Waals surface area contributed by atoms with Gasteiger partial charge < -0.3 is 15.2 Å². The first kappa shape index (κ1) is 12.6. The van der Waals surface area contributed by atoms with Crippen molar-refractivity contribution in [3.63, 3.8) is 0 Å². The number of halogens is 1. The lowest BCUT2D eigenvalue weighted by Gasteiger charge is -2.28. The number of methoxy groups -OCH3 is 1. The van der Waals surface area contributed by atoms with Crippen molar-refractivity contribution in [2.45, 2.75) is 37.9 Å². The van der Waals surface area contributed by atoms with Gasteiger partial charge in [-0.3, -0.25) is 0 Å². The summed E-state index contributed by atoms with van der Waals surface area (Å²) < 4.78 is 11.8. The van der Waals surface area contributed by atoms with Crippen LogP contribution < -0.4 is 10.5 Å². The average molecular weight is 302 g/mol. The van der Waals surface area contributed by atoms with Gasteiger partial charge in [-0.05, 0) is 35.2 Å². The second-order valence-electron chi connectivity index (χ2n) is 4.14. The predicted molar refractivity (Wildman–Crippen MR) is 67.8 cm³/mol. The molecule has 1 heterocycles. The van der Waals surface area contributed by atoms with Crippen molar-refractivity contribution < 1.29 is 9.47 Å². The Bertz CT molecular complexity index is 389. The number of hydrogen-bond donors (Lipinski definition) is 1. The summed E-state index contributed by atoms with van der Waals surface area (Å²) in [6.45, 7) is 0. The molecule has 2 unspecified atom stereocenters. The van der Waals surface area contributed by atoms with E-state index in [2.05, 4.69) is 25.9 Å². The summed E-state index contributed by atoms with van der Waals surface area (Å²) in [6.07, 6.45) is 5.96. The topological polar surface area (TPSA) is 70.3 Å². The Morgan fingerprint density at radius 2 is 2.12 bits per heavy atom. The maximum absolute atomic E-state index is 5.84. The third kappa shape index (κ3) is 3.07. The van der Waals surface area contributed by atoms with Gasteiger partial charge in [0.2, 0.25) is 5.88 Å². The predicted octanol–water partition coefficient (Wildman–Crippen LogP) is 2.16. The van der Waals surface area contributed by atoms with Gasteiger partial charge in [0.15, 0.2) is 0 Å². The van der Waals surface area contributed by atoms with Gasteiger partial charge in [0.25, 0.3) is 0 Å². The quantitative estimate of drug-likeness (QED) is 0.926. The number of nitrogen functional groups attached to an aromatic ring is 1. The van der Waals surface area contributed by atoms with Crippen LogP contribution in [0, 0.1) is 0 Å². The van der Waals surface area contributed by atoms with E-state index >= 15 is 0 Å². The smallest absolute Gasteiger partial charge is 0.233 e. The van der Waals surface area contributed by atoms with Gasteiger partial charge in [-0.15, -0.1) is 0 Å². The highest BCUT2D eigenvalue weighted by Gasteiger charge is 2.24. The molecule has 0 radical (unpaired) electrons. The number of nitrogens with zero attached hydrogens (tertiary/aromatic N) is 2. The van der Waals surface area contributed by atoms with Crippen LogP contribution in [0.4, 0.5) is 5.82 Å². The van der Waals surface area contributed by atoms with Crippen LogP contribution in [0.1, 0.15) is 25.7 Å². The van der Waals surface area contributed by atoms with Gasteiger partial charge in [-0.2, -0.15) is 0 Å². The van der Waals surface area contributed by atoms with Gasteiger partial charge in [0, 0.05) is 13.5 Å². The summed E-state index contributed by atoms with van der Waals surface area (Å²) in [6, 6.07) is 0. The van der Waals surface area contributed by atoms with Gasteiger partial charge in [0.05, 0.1) is 6.10 Å². The Kier molecular flexibility index (Phi) is 4.17. The molecule has 0 spiro atoms. The number of nitrogens with two attached hydrogens (primary N) is 1. The molecule has 2 atom stereocenters.